The minimum absolute atomic E-state index is 0.551. The summed E-state index contributed by atoms with van der Waals surface area (Å²) in [4.78, 5) is 0. The second kappa shape index (κ2) is 22.6. The highest BCUT2D eigenvalue weighted by atomic mass is 16.6. The van der Waals surface area contributed by atoms with Gasteiger partial charge in [-0.1, -0.05) is 43.7 Å². The van der Waals surface area contributed by atoms with E-state index in [-0.39, 0.29) is 0 Å². The molecule has 0 saturated carbocycles. The minimum atomic E-state index is 0.551. The van der Waals surface area contributed by atoms with Crippen LogP contribution in [0.2, 0.25) is 0 Å². The molecule has 1 aromatic rings. The lowest BCUT2D eigenvalue weighted by Gasteiger charge is -2.08. The Bertz CT molecular complexity index is 444. The maximum atomic E-state index is 5.55. The van der Waals surface area contributed by atoms with Crippen molar-refractivity contribution in [3.05, 3.63) is 35.9 Å². The molecule has 0 unspecified atom stereocenters. The Balaban J connectivity index is 1.65. The standard InChI is InChI=1S/C23H40O7/c1-2-3-9-24-10-11-25-12-13-26-14-15-27-16-17-28-18-19-29-20-21-30-22-23-7-5-4-6-8-23/h4-8H,2-3,9-22H2,1H3. The third kappa shape index (κ3) is 18.9. The smallest absolute Gasteiger partial charge is 0.0718 e. The van der Waals surface area contributed by atoms with Gasteiger partial charge in [-0.2, -0.15) is 0 Å². The lowest BCUT2D eigenvalue weighted by Crippen LogP contribution is -2.14. The van der Waals surface area contributed by atoms with E-state index < -0.39 is 0 Å². The Hall–Kier alpha value is -1.06. The van der Waals surface area contributed by atoms with Gasteiger partial charge in [-0.3, -0.25) is 0 Å². The van der Waals surface area contributed by atoms with Crippen LogP contribution in [0.4, 0.5) is 0 Å². The first-order valence-corrected chi connectivity index (χ1v) is 11.0. The summed E-state index contributed by atoms with van der Waals surface area (Å²) >= 11 is 0. The van der Waals surface area contributed by atoms with Gasteiger partial charge in [0.15, 0.2) is 0 Å². The summed E-state index contributed by atoms with van der Waals surface area (Å²) in [6, 6.07) is 10.1. The number of benzene rings is 1. The predicted octanol–water partition coefficient (Wildman–Crippen LogP) is 3.10. The number of ether oxygens (including phenoxy) is 7. The first kappa shape index (κ1) is 27.0. The molecule has 1 aromatic carbocycles. The molecule has 0 aliphatic heterocycles. The molecule has 1 rings (SSSR count). The van der Waals surface area contributed by atoms with E-state index in [2.05, 4.69) is 6.92 Å². The fourth-order valence-corrected chi connectivity index (χ4v) is 2.33. The number of unbranched alkanes of at least 4 members (excludes halogenated alkanes) is 1. The van der Waals surface area contributed by atoms with Gasteiger partial charge < -0.3 is 33.2 Å². The Morgan fingerprint density at radius 3 is 1.23 bits per heavy atom. The Labute approximate surface area is 181 Å². The van der Waals surface area contributed by atoms with Crippen molar-refractivity contribution < 1.29 is 33.2 Å². The van der Waals surface area contributed by atoms with Gasteiger partial charge in [0.2, 0.25) is 0 Å². The van der Waals surface area contributed by atoms with Gasteiger partial charge in [0.25, 0.3) is 0 Å². The molecule has 30 heavy (non-hydrogen) atoms. The van der Waals surface area contributed by atoms with Gasteiger partial charge in [-0.25, -0.2) is 0 Å². The molecule has 0 bridgehead atoms. The molecular formula is C23H40O7. The topological polar surface area (TPSA) is 64.6 Å². The molecule has 0 atom stereocenters. The SMILES string of the molecule is CCCCOCCOCCOCCOCCOCCOCCOCc1ccccc1. The monoisotopic (exact) mass is 428 g/mol. The van der Waals surface area contributed by atoms with Crippen LogP contribution in [0.25, 0.3) is 0 Å². The Kier molecular flexibility index (Phi) is 20.3. The van der Waals surface area contributed by atoms with Crippen molar-refractivity contribution in [1.82, 2.24) is 0 Å². The first-order valence-electron chi connectivity index (χ1n) is 11.0. The van der Waals surface area contributed by atoms with Crippen LogP contribution in [0.5, 0.6) is 0 Å². The van der Waals surface area contributed by atoms with Gasteiger partial charge in [-0.05, 0) is 12.0 Å². The molecule has 0 radical (unpaired) electrons. The third-order valence-corrected chi connectivity index (χ3v) is 3.99. The summed E-state index contributed by atoms with van der Waals surface area (Å²) in [5.41, 5.74) is 1.17. The zero-order chi connectivity index (χ0) is 21.4. The van der Waals surface area contributed by atoms with Gasteiger partial charge in [-0.15, -0.1) is 0 Å². The minimum Gasteiger partial charge on any atom is -0.379 e. The number of hydrogen-bond donors (Lipinski definition) is 0. The van der Waals surface area contributed by atoms with Crippen LogP contribution in [0.15, 0.2) is 30.3 Å². The maximum Gasteiger partial charge on any atom is 0.0718 e. The normalized spacial score (nSPS) is 11.2. The van der Waals surface area contributed by atoms with E-state index in [9.17, 15) is 0 Å². The molecule has 0 spiro atoms. The second-order valence-corrected chi connectivity index (χ2v) is 6.57. The number of hydrogen-bond acceptors (Lipinski definition) is 7. The van der Waals surface area contributed by atoms with Crippen LogP contribution >= 0.6 is 0 Å². The first-order chi connectivity index (χ1) is 14.9. The highest BCUT2D eigenvalue weighted by Crippen LogP contribution is 1.99. The van der Waals surface area contributed by atoms with Gasteiger partial charge in [0.05, 0.1) is 85.9 Å². The van der Waals surface area contributed by atoms with Crippen molar-refractivity contribution in [3.63, 3.8) is 0 Å². The number of rotatable bonds is 23. The van der Waals surface area contributed by atoms with E-state index in [0.29, 0.717) is 85.9 Å². The summed E-state index contributed by atoms with van der Waals surface area (Å²) in [6.07, 6.45) is 2.26. The van der Waals surface area contributed by atoms with E-state index in [0.717, 1.165) is 19.4 Å². The summed E-state index contributed by atoms with van der Waals surface area (Å²) in [5.74, 6) is 0. The molecular weight excluding hydrogens is 388 g/mol. The lowest BCUT2D eigenvalue weighted by molar-refractivity contribution is -0.0212. The molecule has 0 amide bonds. The second-order valence-electron chi connectivity index (χ2n) is 6.57. The van der Waals surface area contributed by atoms with E-state index in [1.54, 1.807) is 0 Å². The van der Waals surface area contributed by atoms with E-state index in [4.69, 9.17) is 33.2 Å². The predicted molar refractivity (Wildman–Crippen MR) is 116 cm³/mol. The van der Waals surface area contributed by atoms with Gasteiger partial charge in [0, 0.05) is 6.61 Å². The lowest BCUT2D eigenvalue weighted by atomic mass is 10.2. The average Bonchev–Trinajstić information content (AvgIpc) is 2.78. The van der Waals surface area contributed by atoms with Crippen LogP contribution in [-0.4, -0.2) is 85.9 Å². The van der Waals surface area contributed by atoms with Crippen LogP contribution in [-0.2, 0) is 39.8 Å². The van der Waals surface area contributed by atoms with Crippen molar-refractivity contribution in [2.45, 2.75) is 26.4 Å². The summed E-state index contributed by atoms with van der Waals surface area (Å²) in [7, 11) is 0. The molecule has 174 valence electrons. The van der Waals surface area contributed by atoms with Crippen molar-refractivity contribution in [1.29, 1.82) is 0 Å². The maximum absolute atomic E-state index is 5.55. The van der Waals surface area contributed by atoms with E-state index in [1.165, 1.54) is 5.56 Å². The summed E-state index contributed by atoms with van der Waals surface area (Å²) < 4.78 is 38.2. The molecule has 0 heterocycles. The molecule has 7 nitrogen and oxygen atoms in total. The molecule has 0 aliphatic carbocycles. The summed E-state index contributed by atoms with van der Waals surface area (Å²) in [6.45, 7) is 10.5. The van der Waals surface area contributed by atoms with Crippen molar-refractivity contribution in [2.24, 2.45) is 0 Å². The van der Waals surface area contributed by atoms with E-state index in [1.807, 2.05) is 30.3 Å². The molecule has 0 fully saturated rings. The Morgan fingerprint density at radius 1 is 0.467 bits per heavy atom. The van der Waals surface area contributed by atoms with Crippen LogP contribution in [0, 0.1) is 0 Å². The molecule has 0 aromatic heterocycles. The molecule has 0 aliphatic rings. The highest BCUT2D eigenvalue weighted by molar-refractivity contribution is 5.13. The average molecular weight is 429 g/mol. The van der Waals surface area contributed by atoms with Crippen molar-refractivity contribution in [2.75, 3.05) is 85.9 Å². The zero-order valence-corrected chi connectivity index (χ0v) is 18.6. The van der Waals surface area contributed by atoms with Crippen LogP contribution < -0.4 is 0 Å². The third-order valence-electron chi connectivity index (χ3n) is 3.99. The molecule has 0 N–H and O–H groups in total. The van der Waals surface area contributed by atoms with E-state index >= 15 is 0 Å². The van der Waals surface area contributed by atoms with Gasteiger partial charge >= 0.3 is 0 Å². The quantitative estimate of drug-likeness (QED) is 0.248. The van der Waals surface area contributed by atoms with Crippen LogP contribution in [0.3, 0.4) is 0 Å². The largest absolute Gasteiger partial charge is 0.379 e. The fraction of sp³-hybridized carbons (Fsp3) is 0.739. The Morgan fingerprint density at radius 2 is 0.833 bits per heavy atom. The summed E-state index contributed by atoms with van der Waals surface area (Å²) in [5, 5.41) is 0. The van der Waals surface area contributed by atoms with Crippen molar-refractivity contribution in [3.8, 4) is 0 Å². The van der Waals surface area contributed by atoms with Gasteiger partial charge in [0.1, 0.15) is 0 Å². The molecule has 7 heteroatoms. The van der Waals surface area contributed by atoms with Crippen LogP contribution in [0.1, 0.15) is 25.3 Å². The molecule has 0 saturated heterocycles. The zero-order valence-electron chi connectivity index (χ0n) is 18.6. The highest BCUT2D eigenvalue weighted by Gasteiger charge is 1.95. The fourth-order valence-electron chi connectivity index (χ4n) is 2.33. The van der Waals surface area contributed by atoms with Crippen molar-refractivity contribution >= 4 is 0 Å².